The highest BCUT2D eigenvalue weighted by Gasteiger charge is 2.17. The molecular weight excluding hydrogens is 425 g/mol. The number of carbonyl (C=O) groups excluding carboxylic acids is 1. The molecule has 0 aromatic heterocycles. The molecule has 0 fully saturated rings. The van der Waals surface area contributed by atoms with Gasteiger partial charge in [-0.15, -0.1) is 0 Å². The summed E-state index contributed by atoms with van der Waals surface area (Å²) in [5, 5.41) is 0. The molecule has 0 aliphatic rings. The summed E-state index contributed by atoms with van der Waals surface area (Å²) in [5.41, 5.74) is 3.22. The van der Waals surface area contributed by atoms with Crippen LogP contribution >= 0.6 is 0 Å². The molecule has 0 N–H and O–H groups in total. The summed E-state index contributed by atoms with van der Waals surface area (Å²) in [6.07, 6.45) is 0.861. The van der Waals surface area contributed by atoms with Gasteiger partial charge in [0.05, 0.1) is 5.56 Å². The number of halogens is 3. The normalized spacial score (nSPS) is 10.8. The first-order valence-corrected chi connectivity index (χ1v) is 10.5. The quantitative estimate of drug-likeness (QED) is 0.234. The lowest BCUT2D eigenvalue weighted by atomic mass is 9.97. The van der Waals surface area contributed by atoms with Gasteiger partial charge >= 0.3 is 5.97 Å². The topological polar surface area (TPSA) is 26.3 Å². The predicted molar refractivity (Wildman–Crippen MR) is 123 cm³/mol. The summed E-state index contributed by atoms with van der Waals surface area (Å²) in [6.45, 7) is 3.75. The standard InChI is InChI=1S/C28H21F3O2/c1-3-18-5-7-19(8-6-18)22-13-14-23(27(31)26(22)30)20-9-11-21(12-10-20)28(32)33-25-15-4-17(2)16-24(25)29/h4-16H,3H2,1-2H3. The molecule has 0 saturated heterocycles. The largest absolute Gasteiger partial charge is 0.420 e. The molecule has 4 aromatic carbocycles. The fourth-order valence-electron chi connectivity index (χ4n) is 3.55. The average Bonchev–Trinajstić information content (AvgIpc) is 2.83. The minimum Gasteiger partial charge on any atom is -0.420 e. The number of esters is 1. The van der Waals surface area contributed by atoms with Crippen LogP contribution in [0.3, 0.4) is 0 Å². The summed E-state index contributed by atoms with van der Waals surface area (Å²) < 4.78 is 48.8. The molecule has 0 saturated carbocycles. The zero-order chi connectivity index (χ0) is 23.5. The van der Waals surface area contributed by atoms with Gasteiger partial charge in [0.1, 0.15) is 0 Å². The highest BCUT2D eigenvalue weighted by atomic mass is 19.2. The van der Waals surface area contributed by atoms with Crippen molar-refractivity contribution in [1.82, 2.24) is 0 Å². The Bertz CT molecular complexity index is 1310. The van der Waals surface area contributed by atoms with E-state index in [4.69, 9.17) is 4.74 Å². The van der Waals surface area contributed by atoms with Crippen LogP contribution in [0.1, 0.15) is 28.4 Å². The smallest absolute Gasteiger partial charge is 0.343 e. The number of hydrogen-bond donors (Lipinski definition) is 0. The van der Waals surface area contributed by atoms with Crippen molar-refractivity contribution in [3.8, 4) is 28.0 Å². The van der Waals surface area contributed by atoms with Crippen molar-refractivity contribution in [3.63, 3.8) is 0 Å². The Hall–Kier alpha value is -3.86. The van der Waals surface area contributed by atoms with Gasteiger partial charge in [0.2, 0.25) is 0 Å². The molecule has 0 radical (unpaired) electrons. The number of hydrogen-bond acceptors (Lipinski definition) is 2. The number of rotatable bonds is 5. The fourth-order valence-corrected chi connectivity index (χ4v) is 3.55. The molecule has 2 nitrogen and oxygen atoms in total. The van der Waals surface area contributed by atoms with Crippen LogP contribution in [-0.4, -0.2) is 5.97 Å². The first-order valence-electron chi connectivity index (χ1n) is 10.5. The maximum atomic E-state index is 14.9. The molecular formula is C28H21F3O2. The highest BCUT2D eigenvalue weighted by molar-refractivity contribution is 5.91. The summed E-state index contributed by atoms with van der Waals surface area (Å²) in [5.74, 6) is -3.46. The van der Waals surface area contributed by atoms with Crippen LogP contribution in [0.5, 0.6) is 5.75 Å². The lowest BCUT2D eigenvalue weighted by Gasteiger charge is -2.10. The molecule has 0 bridgehead atoms. The minimum atomic E-state index is -0.968. The Morgan fingerprint density at radius 2 is 1.30 bits per heavy atom. The van der Waals surface area contributed by atoms with Gasteiger partial charge in [-0.25, -0.2) is 18.0 Å². The highest BCUT2D eigenvalue weighted by Crippen LogP contribution is 2.32. The van der Waals surface area contributed by atoms with Gasteiger partial charge in [-0.2, -0.15) is 0 Å². The van der Waals surface area contributed by atoms with Gasteiger partial charge < -0.3 is 4.74 Å². The summed E-state index contributed by atoms with van der Waals surface area (Å²) >= 11 is 0. The van der Waals surface area contributed by atoms with E-state index in [0.717, 1.165) is 12.0 Å². The van der Waals surface area contributed by atoms with Gasteiger partial charge in [-0.3, -0.25) is 0 Å². The van der Waals surface area contributed by atoms with Gasteiger partial charge in [0.15, 0.2) is 23.2 Å². The molecule has 0 heterocycles. The van der Waals surface area contributed by atoms with Crippen LogP contribution < -0.4 is 4.74 Å². The lowest BCUT2D eigenvalue weighted by molar-refractivity contribution is 0.0728. The Kier molecular flexibility index (Phi) is 6.31. The van der Waals surface area contributed by atoms with Crippen LogP contribution in [-0.2, 0) is 6.42 Å². The lowest BCUT2D eigenvalue weighted by Crippen LogP contribution is -2.09. The minimum absolute atomic E-state index is 0.0749. The number of benzene rings is 4. The SMILES string of the molecule is CCc1ccc(-c2ccc(-c3ccc(C(=O)Oc4ccc(C)cc4F)cc3)c(F)c2F)cc1. The first kappa shape index (κ1) is 22.3. The Morgan fingerprint density at radius 3 is 1.82 bits per heavy atom. The summed E-state index contributed by atoms with van der Waals surface area (Å²) in [4.78, 5) is 12.3. The van der Waals surface area contributed by atoms with Crippen molar-refractivity contribution < 1.29 is 22.7 Å². The number of ether oxygens (including phenoxy) is 1. The van der Waals surface area contributed by atoms with E-state index in [2.05, 4.69) is 0 Å². The van der Waals surface area contributed by atoms with E-state index >= 15 is 0 Å². The molecule has 0 spiro atoms. The third-order valence-corrected chi connectivity index (χ3v) is 5.48. The molecule has 0 atom stereocenters. The van der Waals surface area contributed by atoms with E-state index in [1.165, 1.54) is 48.5 Å². The maximum Gasteiger partial charge on any atom is 0.343 e. The molecule has 0 aliphatic carbocycles. The van der Waals surface area contributed by atoms with Crippen LogP contribution in [0.2, 0.25) is 0 Å². The molecule has 0 amide bonds. The third kappa shape index (κ3) is 4.67. The average molecular weight is 446 g/mol. The Labute approximate surface area is 190 Å². The molecule has 166 valence electrons. The molecule has 5 heteroatoms. The van der Waals surface area contributed by atoms with Gasteiger partial charge in [0.25, 0.3) is 0 Å². The fraction of sp³-hybridized carbons (Fsp3) is 0.107. The maximum absolute atomic E-state index is 14.9. The van der Waals surface area contributed by atoms with Crippen molar-refractivity contribution in [2.24, 2.45) is 0 Å². The van der Waals surface area contributed by atoms with Crippen LogP contribution in [0.4, 0.5) is 13.2 Å². The van der Waals surface area contributed by atoms with E-state index in [-0.39, 0.29) is 22.4 Å². The van der Waals surface area contributed by atoms with Crippen molar-refractivity contribution in [2.45, 2.75) is 20.3 Å². The number of aryl methyl sites for hydroxylation is 2. The molecule has 0 aliphatic heterocycles. The van der Waals surface area contributed by atoms with E-state index < -0.39 is 23.4 Å². The van der Waals surface area contributed by atoms with E-state index in [0.29, 0.717) is 16.7 Å². The van der Waals surface area contributed by atoms with E-state index in [1.54, 1.807) is 25.1 Å². The van der Waals surface area contributed by atoms with Gasteiger partial charge in [-0.1, -0.05) is 61.5 Å². The second kappa shape index (κ2) is 9.33. The molecule has 33 heavy (non-hydrogen) atoms. The summed E-state index contributed by atoms with van der Waals surface area (Å²) in [6, 6.07) is 20.5. The number of carbonyl (C=O) groups is 1. The van der Waals surface area contributed by atoms with E-state index in [9.17, 15) is 18.0 Å². The Balaban J connectivity index is 1.57. The van der Waals surface area contributed by atoms with Crippen LogP contribution in [0.15, 0.2) is 78.9 Å². The van der Waals surface area contributed by atoms with Crippen molar-refractivity contribution in [1.29, 1.82) is 0 Å². The van der Waals surface area contributed by atoms with Gasteiger partial charge in [-0.05, 0) is 59.9 Å². The second-order valence-corrected chi connectivity index (χ2v) is 7.74. The molecule has 0 unspecified atom stereocenters. The molecule has 4 rings (SSSR count). The van der Waals surface area contributed by atoms with Crippen molar-refractivity contribution in [3.05, 3.63) is 113 Å². The Morgan fingerprint density at radius 1 is 0.758 bits per heavy atom. The summed E-state index contributed by atoms with van der Waals surface area (Å²) in [7, 11) is 0. The zero-order valence-corrected chi connectivity index (χ0v) is 18.2. The first-order chi connectivity index (χ1) is 15.9. The molecule has 4 aromatic rings. The van der Waals surface area contributed by atoms with Crippen molar-refractivity contribution >= 4 is 5.97 Å². The zero-order valence-electron chi connectivity index (χ0n) is 18.2. The third-order valence-electron chi connectivity index (χ3n) is 5.48. The predicted octanol–water partition coefficient (Wildman–Crippen LogP) is 7.53. The second-order valence-electron chi connectivity index (χ2n) is 7.74. The van der Waals surface area contributed by atoms with Gasteiger partial charge in [0, 0.05) is 11.1 Å². The van der Waals surface area contributed by atoms with Crippen LogP contribution in [0, 0.1) is 24.4 Å². The monoisotopic (exact) mass is 446 g/mol. The van der Waals surface area contributed by atoms with Crippen molar-refractivity contribution in [2.75, 3.05) is 0 Å². The van der Waals surface area contributed by atoms with E-state index in [1.807, 2.05) is 19.1 Å². The van der Waals surface area contributed by atoms with Crippen LogP contribution in [0.25, 0.3) is 22.3 Å².